The number of hydrogen-bond donors (Lipinski definition) is 5. The van der Waals surface area contributed by atoms with Crippen molar-refractivity contribution < 1.29 is 14.6 Å². The monoisotopic (exact) mass is 530 g/mol. The molecule has 1 aliphatic heterocycles. The first-order valence-corrected chi connectivity index (χ1v) is 12.6. The zero-order valence-corrected chi connectivity index (χ0v) is 22.2. The Hall–Kier alpha value is -4.48. The van der Waals surface area contributed by atoms with E-state index in [0.29, 0.717) is 35.2 Å². The van der Waals surface area contributed by atoms with E-state index in [1.807, 2.05) is 43.4 Å². The molecule has 0 unspecified atom stereocenters. The average molecular weight is 531 g/mol. The van der Waals surface area contributed by atoms with Gasteiger partial charge in [-0.05, 0) is 18.2 Å². The summed E-state index contributed by atoms with van der Waals surface area (Å²) in [6, 6.07) is 11.3. The standard InChI is InChI=1S/C28H34N8O3/c1-4-28(38)34-23-14-24(26(39-3)16-25(23)36-9-7-35(8-10-36)11-12-37)33-27-15-22(31-18-32-27)19-5-6-20(17-29)21(13-19)30-2/h4-6,13-18,29-30,37H,1,7-12H2,2-3H3,(H,34,38)(H,31,32,33). The number of aromatic nitrogens is 2. The Morgan fingerprint density at radius 2 is 1.92 bits per heavy atom. The molecular weight excluding hydrogens is 496 g/mol. The van der Waals surface area contributed by atoms with Crippen molar-refractivity contribution in [1.29, 1.82) is 5.41 Å². The lowest BCUT2D eigenvalue weighted by atomic mass is 10.1. The second-order valence-electron chi connectivity index (χ2n) is 8.93. The summed E-state index contributed by atoms with van der Waals surface area (Å²) in [5, 5.41) is 26.2. The molecule has 39 heavy (non-hydrogen) atoms. The van der Waals surface area contributed by atoms with Crippen molar-refractivity contribution in [3.8, 4) is 17.0 Å². The van der Waals surface area contributed by atoms with Crippen molar-refractivity contribution in [1.82, 2.24) is 14.9 Å². The Kier molecular flexibility index (Phi) is 9.08. The predicted molar refractivity (Wildman–Crippen MR) is 156 cm³/mol. The third-order valence-electron chi connectivity index (χ3n) is 6.59. The van der Waals surface area contributed by atoms with Crippen LogP contribution in [0, 0.1) is 5.41 Å². The maximum atomic E-state index is 12.3. The number of piperazine rings is 1. The molecule has 0 atom stereocenters. The summed E-state index contributed by atoms with van der Waals surface area (Å²) < 4.78 is 5.73. The van der Waals surface area contributed by atoms with Gasteiger partial charge in [-0.2, -0.15) is 0 Å². The summed E-state index contributed by atoms with van der Waals surface area (Å²) in [5.41, 5.74) is 5.27. The third kappa shape index (κ3) is 6.51. The van der Waals surface area contributed by atoms with Crippen LogP contribution in [0.25, 0.3) is 11.3 Å². The van der Waals surface area contributed by atoms with Crippen LogP contribution in [0.5, 0.6) is 5.75 Å². The van der Waals surface area contributed by atoms with Gasteiger partial charge in [-0.1, -0.05) is 18.7 Å². The predicted octanol–water partition coefficient (Wildman–Crippen LogP) is 3.17. The zero-order valence-electron chi connectivity index (χ0n) is 22.2. The second-order valence-corrected chi connectivity index (χ2v) is 8.93. The number of benzene rings is 2. The molecule has 0 spiro atoms. The maximum absolute atomic E-state index is 12.3. The number of nitrogens with zero attached hydrogens (tertiary/aromatic N) is 4. The fourth-order valence-corrected chi connectivity index (χ4v) is 4.51. The van der Waals surface area contributed by atoms with Crippen LogP contribution < -0.4 is 25.6 Å². The van der Waals surface area contributed by atoms with Crippen molar-refractivity contribution in [3.63, 3.8) is 0 Å². The number of aliphatic hydroxyl groups is 1. The SMILES string of the molecule is C=CC(=O)Nc1cc(Nc2cc(-c3ccc(C=N)c(NC)c3)ncn2)c(OC)cc1N1CCN(CCO)CC1. The minimum Gasteiger partial charge on any atom is -0.494 e. The molecule has 1 aliphatic rings. The number of hydrogen-bond acceptors (Lipinski definition) is 10. The maximum Gasteiger partial charge on any atom is 0.247 e. The van der Waals surface area contributed by atoms with Gasteiger partial charge in [-0.3, -0.25) is 9.69 Å². The van der Waals surface area contributed by atoms with E-state index in [1.165, 1.54) is 18.6 Å². The van der Waals surface area contributed by atoms with Crippen LogP contribution >= 0.6 is 0 Å². The molecule has 0 bridgehead atoms. The average Bonchev–Trinajstić information content (AvgIpc) is 2.97. The van der Waals surface area contributed by atoms with Crippen LogP contribution in [0.2, 0.25) is 0 Å². The normalized spacial score (nSPS) is 13.5. The highest BCUT2D eigenvalue weighted by atomic mass is 16.5. The van der Waals surface area contributed by atoms with E-state index in [9.17, 15) is 9.90 Å². The number of β-amino-alcohol motifs (C(OH)–C–C–N with tert-alkyl or cyclic N) is 1. The number of rotatable bonds is 11. The first kappa shape index (κ1) is 27.6. The summed E-state index contributed by atoms with van der Waals surface area (Å²) >= 11 is 0. The molecule has 11 nitrogen and oxygen atoms in total. The molecule has 4 rings (SSSR count). The zero-order chi connectivity index (χ0) is 27.8. The van der Waals surface area contributed by atoms with Crippen LogP contribution in [0.4, 0.5) is 28.6 Å². The van der Waals surface area contributed by atoms with Gasteiger partial charge in [-0.25, -0.2) is 9.97 Å². The minimum atomic E-state index is -0.315. The van der Waals surface area contributed by atoms with Gasteiger partial charge in [0.25, 0.3) is 0 Å². The van der Waals surface area contributed by atoms with Crippen molar-refractivity contribution in [2.45, 2.75) is 0 Å². The smallest absolute Gasteiger partial charge is 0.247 e. The number of carbonyl (C=O) groups excluding carboxylic acids is 1. The Bertz CT molecular complexity index is 1340. The molecule has 2 aromatic carbocycles. The van der Waals surface area contributed by atoms with Crippen molar-refractivity contribution >= 4 is 40.7 Å². The quantitative estimate of drug-likeness (QED) is 0.187. The lowest BCUT2D eigenvalue weighted by Crippen LogP contribution is -2.47. The number of aliphatic hydroxyl groups excluding tert-OH is 1. The molecule has 0 radical (unpaired) electrons. The molecule has 11 heteroatoms. The van der Waals surface area contributed by atoms with Crippen LogP contribution in [-0.4, -0.2) is 85.6 Å². The molecular formula is C28H34N8O3. The van der Waals surface area contributed by atoms with E-state index in [2.05, 4.69) is 42.3 Å². The molecule has 5 N–H and O–H groups in total. The third-order valence-corrected chi connectivity index (χ3v) is 6.59. The topological polar surface area (TPSA) is 139 Å². The van der Waals surface area contributed by atoms with Gasteiger partial charge in [-0.15, -0.1) is 0 Å². The molecule has 0 aliphatic carbocycles. The fourth-order valence-electron chi connectivity index (χ4n) is 4.51. The first-order valence-electron chi connectivity index (χ1n) is 12.6. The number of ether oxygens (including phenoxy) is 1. The first-order chi connectivity index (χ1) is 19.0. The number of methoxy groups -OCH3 is 1. The van der Waals surface area contributed by atoms with Crippen LogP contribution in [0.15, 0.2) is 55.4 Å². The van der Waals surface area contributed by atoms with Gasteiger partial charge < -0.3 is 36.1 Å². The molecule has 1 aromatic heterocycles. The number of nitrogens with one attached hydrogen (secondary N) is 4. The van der Waals surface area contributed by atoms with Crippen LogP contribution in [0.1, 0.15) is 5.56 Å². The van der Waals surface area contributed by atoms with Gasteiger partial charge >= 0.3 is 0 Å². The number of carbonyl (C=O) groups is 1. The Balaban J connectivity index is 1.65. The molecule has 3 aromatic rings. The molecule has 1 amide bonds. The lowest BCUT2D eigenvalue weighted by molar-refractivity contribution is -0.111. The molecule has 1 fully saturated rings. The molecule has 1 saturated heterocycles. The van der Waals surface area contributed by atoms with E-state index >= 15 is 0 Å². The summed E-state index contributed by atoms with van der Waals surface area (Å²) in [6.45, 7) is 7.45. The minimum absolute atomic E-state index is 0.130. The molecule has 204 valence electrons. The van der Waals surface area contributed by atoms with Crippen LogP contribution in [-0.2, 0) is 4.79 Å². The van der Waals surface area contributed by atoms with Crippen molar-refractivity contribution in [3.05, 3.63) is 60.9 Å². The highest BCUT2D eigenvalue weighted by Crippen LogP contribution is 2.39. The van der Waals surface area contributed by atoms with E-state index < -0.39 is 0 Å². The van der Waals surface area contributed by atoms with Gasteiger partial charge in [0.2, 0.25) is 5.91 Å². The van der Waals surface area contributed by atoms with E-state index in [1.54, 1.807) is 7.11 Å². The molecule has 2 heterocycles. The summed E-state index contributed by atoms with van der Waals surface area (Å²) in [5.74, 6) is 0.823. The van der Waals surface area contributed by atoms with Gasteiger partial charge in [0.1, 0.15) is 17.9 Å². The number of amides is 1. The van der Waals surface area contributed by atoms with E-state index in [-0.39, 0.29) is 12.5 Å². The van der Waals surface area contributed by atoms with E-state index in [4.69, 9.17) is 10.1 Å². The lowest BCUT2D eigenvalue weighted by Gasteiger charge is -2.37. The molecule has 0 saturated carbocycles. The second kappa shape index (κ2) is 12.9. The Labute approximate surface area is 228 Å². The van der Waals surface area contributed by atoms with Crippen molar-refractivity contribution in [2.24, 2.45) is 0 Å². The van der Waals surface area contributed by atoms with E-state index in [0.717, 1.165) is 48.7 Å². The largest absolute Gasteiger partial charge is 0.494 e. The van der Waals surface area contributed by atoms with Gasteiger partial charge in [0.05, 0.1) is 36.5 Å². The fraction of sp³-hybridized carbons (Fsp3) is 0.286. The number of anilines is 5. The highest BCUT2D eigenvalue weighted by molar-refractivity contribution is 6.02. The van der Waals surface area contributed by atoms with Gasteiger partial charge in [0, 0.05) is 74.9 Å². The summed E-state index contributed by atoms with van der Waals surface area (Å²) in [6.07, 6.45) is 4.02. The highest BCUT2D eigenvalue weighted by Gasteiger charge is 2.22. The summed E-state index contributed by atoms with van der Waals surface area (Å²) in [7, 11) is 3.41. The Morgan fingerprint density at radius 3 is 2.59 bits per heavy atom. The van der Waals surface area contributed by atoms with Crippen LogP contribution in [0.3, 0.4) is 0 Å². The Morgan fingerprint density at radius 1 is 1.13 bits per heavy atom. The van der Waals surface area contributed by atoms with Gasteiger partial charge in [0.15, 0.2) is 0 Å². The van der Waals surface area contributed by atoms with Crippen molar-refractivity contribution in [2.75, 3.05) is 74.3 Å². The summed E-state index contributed by atoms with van der Waals surface area (Å²) in [4.78, 5) is 25.5.